The largest absolute Gasteiger partial charge is 0.504 e. The molecule has 0 atom stereocenters. The number of amides is 1. The predicted molar refractivity (Wildman–Crippen MR) is 135 cm³/mol. The van der Waals surface area contributed by atoms with Crippen molar-refractivity contribution in [2.75, 3.05) is 12.4 Å². The van der Waals surface area contributed by atoms with Crippen molar-refractivity contribution >= 4 is 49.8 Å². The number of para-hydroxylation sites is 1. The molecule has 1 amide bonds. The van der Waals surface area contributed by atoms with Crippen LogP contribution in [0.4, 0.5) is 5.82 Å². The Morgan fingerprint density at radius 1 is 1.06 bits per heavy atom. The molecule has 5 heterocycles. The number of benzene rings is 1. The standard InChI is InChI=1S/C25H17N3O6S2/c1-28-22(23(29)24-20(36(28,31)32)13-19(35-24)17-9-5-11-33-17)25(30)27-21-10-4-7-15(26-21)18-12-14-6-2-3-8-16(14)34-18/h2-13,29H,1H3,(H,26,27,30). The maximum Gasteiger partial charge on any atom is 0.278 e. The molecule has 0 saturated heterocycles. The highest BCUT2D eigenvalue weighted by Crippen LogP contribution is 2.43. The Labute approximate surface area is 209 Å². The number of likely N-dealkylation sites (N-methyl/N-ethyl adjacent to an activating group) is 1. The van der Waals surface area contributed by atoms with Crippen LogP contribution in [0, 0.1) is 0 Å². The summed E-state index contributed by atoms with van der Waals surface area (Å²) in [4.78, 5) is 18.1. The summed E-state index contributed by atoms with van der Waals surface area (Å²) in [7, 11) is -2.87. The number of thiophene rings is 1. The number of aliphatic hydroxyl groups excluding tert-OH is 1. The zero-order valence-electron chi connectivity index (χ0n) is 18.6. The van der Waals surface area contributed by atoms with Crippen molar-refractivity contribution in [3.8, 4) is 22.1 Å². The second-order valence-corrected chi connectivity index (χ2v) is 11.0. The minimum Gasteiger partial charge on any atom is -0.504 e. The lowest BCUT2D eigenvalue weighted by atomic mass is 10.2. The van der Waals surface area contributed by atoms with Gasteiger partial charge in [-0.2, -0.15) is 0 Å². The molecule has 0 spiro atoms. The van der Waals surface area contributed by atoms with Gasteiger partial charge in [0.1, 0.15) is 27.8 Å². The highest BCUT2D eigenvalue weighted by Gasteiger charge is 2.40. The third-order valence-electron chi connectivity index (χ3n) is 5.74. The number of anilines is 1. The van der Waals surface area contributed by atoms with Crippen molar-refractivity contribution in [3.63, 3.8) is 0 Å². The molecule has 2 N–H and O–H groups in total. The van der Waals surface area contributed by atoms with Crippen LogP contribution in [-0.2, 0) is 14.8 Å². The second kappa shape index (κ2) is 8.11. The van der Waals surface area contributed by atoms with Crippen LogP contribution < -0.4 is 5.32 Å². The van der Waals surface area contributed by atoms with E-state index in [9.17, 15) is 18.3 Å². The van der Waals surface area contributed by atoms with Crippen molar-refractivity contribution < 1.29 is 27.2 Å². The van der Waals surface area contributed by atoms with Crippen molar-refractivity contribution in [2.45, 2.75) is 4.90 Å². The number of aromatic nitrogens is 1. The minimum atomic E-state index is -4.09. The normalized spacial score (nSPS) is 14.8. The molecule has 0 radical (unpaired) electrons. The van der Waals surface area contributed by atoms with Crippen LogP contribution in [-0.4, -0.2) is 35.8 Å². The summed E-state index contributed by atoms with van der Waals surface area (Å²) < 4.78 is 38.3. The number of aliphatic hydroxyl groups is 1. The number of sulfonamides is 1. The van der Waals surface area contributed by atoms with E-state index in [1.807, 2.05) is 30.3 Å². The van der Waals surface area contributed by atoms with Gasteiger partial charge in [-0.05, 0) is 42.5 Å². The van der Waals surface area contributed by atoms with E-state index in [2.05, 4.69) is 10.3 Å². The molecule has 0 fully saturated rings. The number of rotatable bonds is 4. The number of nitrogens with zero attached hydrogens (tertiary/aromatic N) is 2. The number of pyridine rings is 1. The molecule has 180 valence electrons. The van der Waals surface area contributed by atoms with Gasteiger partial charge in [-0.15, -0.1) is 11.3 Å². The van der Waals surface area contributed by atoms with E-state index in [0.717, 1.165) is 21.0 Å². The number of carbonyl (C=O) groups is 1. The van der Waals surface area contributed by atoms with Gasteiger partial charge in [0, 0.05) is 12.4 Å². The maximum atomic E-state index is 13.2. The number of furan rings is 2. The van der Waals surface area contributed by atoms with Crippen LogP contribution in [0.1, 0.15) is 4.88 Å². The van der Waals surface area contributed by atoms with Crippen molar-refractivity contribution in [1.82, 2.24) is 9.29 Å². The Morgan fingerprint density at radius 2 is 1.89 bits per heavy atom. The first-order chi connectivity index (χ1) is 17.3. The molecule has 36 heavy (non-hydrogen) atoms. The summed E-state index contributed by atoms with van der Waals surface area (Å²) in [5.41, 5.74) is 0.773. The van der Waals surface area contributed by atoms with Gasteiger partial charge in [-0.25, -0.2) is 13.4 Å². The van der Waals surface area contributed by atoms with E-state index in [0.29, 0.717) is 27.7 Å². The highest BCUT2D eigenvalue weighted by molar-refractivity contribution is 7.89. The molecule has 1 aliphatic rings. The van der Waals surface area contributed by atoms with Gasteiger partial charge < -0.3 is 19.3 Å². The fourth-order valence-electron chi connectivity index (χ4n) is 3.97. The first-order valence-corrected chi connectivity index (χ1v) is 13.0. The molecule has 0 unspecified atom stereocenters. The van der Waals surface area contributed by atoms with E-state index >= 15 is 0 Å². The van der Waals surface area contributed by atoms with E-state index in [1.165, 1.54) is 19.4 Å². The Kier molecular flexibility index (Phi) is 4.99. The first kappa shape index (κ1) is 22.1. The number of carbonyl (C=O) groups excluding carboxylic acids is 1. The topological polar surface area (TPSA) is 126 Å². The quantitative estimate of drug-likeness (QED) is 0.329. The van der Waals surface area contributed by atoms with Crippen LogP contribution in [0.15, 0.2) is 92.4 Å². The predicted octanol–water partition coefficient (Wildman–Crippen LogP) is 5.32. The molecule has 11 heteroatoms. The summed E-state index contributed by atoms with van der Waals surface area (Å²) in [5.74, 6) is -0.141. The fourth-order valence-corrected chi connectivity index (χ4v) is 6.76. The average molecular weight is 520 g/mol. The van der Waals surface area contributed by atoms with Gasteiger partial charge in [0.05, 0.1) is 16.0 Å². The molecule has 0 saturated carbocycles. The summed E-state index contributed by atoms with van der Waals surface area (Å²) in [6.45, 7) is 0. The molecular weight excluding hydrogens is 502 g/mol. The van der Waals surface area contributed by atoms with Gasteiger partial charge >= 0.3 is 0 Å². The lowest BCUT2D eigenvalue weighted by molar-refractivity contribution is -0.113. The molecule has 0 bridgehead atoms. The van der Waals surface area contributed by atoms with Crippen LogP contribution in [0.25, 0.3) is 38.8 Å². The van der Waals surface area contributed by atoms with Crippen molar-refractivity contribution in [1.29, 1.82) is 0 Å². The molecule has 1 aliphatic heterocycles. The van der Waals surface area contributed by atoms with Gasteiger partial charge in [0.2, 0.25) is 0 Å². The zero-order chi connectivity index (χ0) is 25.0. The average Bonchev–Trinajstić information content (AvgIpc) is 3.62. The summed E-state index contributed by atoms with van der Waals surface area (Å²) in [6.07, 6.45) is 1.47. The van der Waals surface area contributed by atoms with E-state index in [1.54, 1.807) is 30.3 Å². The van der Waals surface area contributed by atoms with Crippen LogP contribution in [0.3, 0.4) is 0 Å². The van der Waals surface area contributed by atoms with Gasteiger partial charge in [0.25, 0.3) is 15.9 Å². The van der Waals surface area contributed by atoms with Crippen molar-refractivity contribution in [2.24, 2.45) is 0 Å². The molecule has 1 aromatic carbocycles. The Morgan fingerprint density at radius 3 is 2.67 bits per heavy atom. The summed E-state index contributed by atoms with van der Waals surface area (Å²) >= 11 is 1.02. The summed E-state index contributed by atoms with van der Waals surface area (Å²) in [6, 6.07) is 19.1. The first-order valence-electron chi connectivity index (χ1n) is 10.7. The SMILES string of the molecule is CN1C(C(=O)Nc2cccc(-c3cc4ccccc4o3)n2)=C(O)c2sc(-c3ccco3)cc2S1(=O)=O. The molecule has 5 aromatic rings. The number of hydrogen-bond acceptors (Lipinski definition) is 8. The van der Waals surface area contributed by atoms with Crippen LogP contribution in [0.5, 0.6) is 0 Å². The maximum absolute atomic E-state index is 13.2. The Hall–Kier alpha value is -4.35. The minimum absolute atomic E-state index is 0.0636. The molecular formula is C25H17N3O6S2. The van der Waals surface area contributed by atoms with Crippen LogP contribution in [0.2, 0.25) is 0 Å². The number of fused-ring (bicyclic) bond motifs is 2. The molecule has 0 aliphatic carbocycles. The van der Waals surface area contributed by atoms with Gasteiger partial charge in [-0.3, -0.25) is 9.10 Å². The number of hydrogen-bond donors (Lipinski definition) is 2. The molecule has 6 rings (SSSR count). The monoisotopic (exact) mass is 519 g/mol. The van der Waals surface area contributed by atoms with E-state index in [-0.39, 0.29) is 15.6 Å². The third-order valence-corrected chi connectivity index (χ3v) is 8.81. The third kappa shape index (κ3) is 3.48. The highest BCUT2D eigenvalue weighted by atomic mass is 32.2. The van der Waals surface area contributed by atoms with E-state index in [4.69, 9.17) is 8.83 Å². The van der Waals surface area contributed by atoms with Gasteiger partial charge in [0.15, 0.2) is 17.2 Å². The Bertz CT molecular complexity index is 1750. The Balaban J connectivity index is 1.35. The van der Waals surface area contributed by atoms with E-state index < -0.39 is 27.4 Å². The summed E-state index contributed by atoms with van der Waals surface area (Å²) in [5, 5.41) is 14.5. The fraction of sp³-hybridized carbons (Fsp3) is 0.0400. The van der Waals surface area contributed by atoms with Crippen LogP contribution >= 0.6 is 11.3 Å². The number of nitrogens with one attached hydrogen (secondary N) is 1. The molecule has 9 nitrogen and oxygen atoms in total. The van der Waals surface area contributed by atoms with Crippen molar-refractivity contribution in [3.05, 3.63) is 83.6 Å². The second-order valence-electron chi connectivity index (χ2n) is 7.96. The lowest BCUT2D eigenvalue weighted by Crippen LogP contribution is -2.36. The smallest absolute Gasteiger partial charge is 0.278 e. The molecule has 4 aromatic heterocycles. The zero-order valence-corrected chi connectivity index (χ0v) is 20.3. The lowest BCUT2D eigenvalue weighted by Gasteiger charge is -2.26. The van der Waals surface area contributed by atoms with Gasteiger partial charge in [-0.1, -0.05) is 24.3 Å².